The number of nitrogens with one attached hydrogen (secondary N) is 1. The summed E-state index contributed by atoms with van der Waals surface area (Å²) in [5, 5.41) is 4.51. The quantitative estimate of drug-likeness (QED) is 0.644. The predicted molar refractivity (Wildman–Crippen MR) is 73.1 cm³/mol. The Kier molecular flexibility index (Phi) is 3.60. The van der Waals surface area contributed by atoms with Crippen LogP contribution in [0.3, 0.4) is 0 Å². The summed E-state index contributed by atoms with van der Waals surface area (Å²) >= 11 is 0. The summed E-state index contributed by atoms with van der Waals surface area (Å²) < 4.78 is 7.94. The molecule has 2 fully saturated rings. The fourth-order valence-electron chi connectivity index (χ4n) is 3.78. The largest absolute Gasteiger partial charge is 0.375 e. The van der Waals surface area contributed by atoms with E-state index in [4.69, 9.17) is 10.6 Å². The molecule has 5 nitrogen and oxygen atoms in total. The van der Waals surface area contributed by atoms with Crippen molar-refractivity contribution in [1.29, 1.82) is 0 Å². The van der Waals surface area contributed by atoms with Crippen LogP contribution in [-0.2, 0) is 11.8 Å². The van der Waals surface area contributed by atoms with Crippen molar-refractivity contribution in [2.45, 2.75) is 50.2 Å². The molecule has 3 rings (SSSR count). The number of ether oxygens (including phenoxy) is 1. The average Bonchev–Trinajstić information content (AvgIpc) is 3.01. The maximum Gasteiger partial charge on any atom is 0.0810 e. The molecule has 106 valence electrons. The van der Waals surface area contributed by atoms with E-state index < -0.39 is 0 Å². The molecule has 2 unspecified atom stereocenters. The van der Waals surface area contributed by atoms with Gasteiger partial charge in [0.2, 0.25) is 0 Å². The summed E-state index contributed by atoms with van der Waals surface area (Å²) in [5.41, 5.74) is 4.15. The molecule has 1 aliphatic carbocycles. The van der Waals surface area contributed by atoms with Crippen molar-refractivity contribution in [2.75, 3.05) is 6.61 Å². The van der Waals surface area contributed by atoms with E-state index in [1.54, 1.807) is 0 Å². The van der Waals surface area contributed by atoms with Crippen LogP contribution in [0.25, 0.3) is 0 Å². The first-order valence-electron chi connectivity index (χ1n) is 7.32. The molecule has 5 heteroatoms. The van der Waals surface area contributed by atoms with Gasteiger partial charge in [-0.15, -0.1) is 0 Å². The number of nitrogens with zero attached hydrogens (tertiary/aromatic N) is 2. The van der Waals surface area contributed by atoms with Crippen molar-refractivity contribution in [1.82, 2.24) is 15.2 Å². The number of aryl methyl sites for hydroxylation is 1. The van der Waals surface area contributed by atoms with E-state index in [9.17, 15) is 0 Å². The standard InChI is InChI=1S/C14H24N4O/c1-18-8-4-12(17-18)13(16-15)11-5-9-19-14(10-11)6-2-3-7-14/h4,8,11,13,16H,2-3,5-7,9-10,15H2,1H3. The molecule has 1 saturated heterocycles. The number of aromatic nitrogens is 2. The Morgan fingerprint density at radius 3 is 2.95 bits per heavy atom. The number of hydrazine groups is 1. The lowest BCUT2D eigenvalue weighted by molar-refractivity contribution is -0.0984. The van der Waals surface area contributed by atoms with Gasteiger partial charge in [-0.25, -0.2) is 0 Å². The molecule has 19 heavy (non-hydrogen) atoms. The van der Waals surface area contributed by atoms with Crippen molar-refractivity contribution in [3.05, 3.63) is 18.0 Å². The molecule has 1 aliphatic heterocycles. The third-order valence-corrected chi connectivity index (χ3v) is 4.75. The summed E-state index contributed by atoms with van der Waals surface area (Å²) in [5.74, 6) is 6.31. The fraction of sp³-hybridized carbons (Fsp3) is 0.786. The topological polar surface area (TPSA) is 65.1 Å². The van der Waals surface area contributed by atoms with Gasteiger partial charge in [0, 0.05) is 19.9 Å². The van der Waals surface area contributed by atoms with Crippen LogP contribution in [0.4, 0.5) is 0 Å². The van der Waals surface area contributed by atoms with Crippen molar-refractivity contribution < 1.29 is 4.74 Å². The molecule has 1 aromatic rings. The highest BCUT2D eigenvalue weighted by atomic mass is 16.5. The van der Waals surface area contributed by atoms with E-state index >= 15 is 0 Å². The van der Waals surface area contributed by atoms with Gasteiger partial charge >= 0.3 is 0 Å². The zero-order valence-corrected chi connectivity index (χ0v) is 11.6. The van der Waals surface area contributed by atoms with Gasteiger partial charge < -0.3 is 4.74 Å². The Morgan fingerprint density at radius 2 is 2.32 bits per heavy atom. The minimum Gasteiger partial charge on any atom is -0.375 e. The Hall–Kier alpha value is -0.910. The summed E-state index contributed by atoms with van der Waals surface area (Å²) in [6.45, 7) is 0.857. The molecule has 2 heterocycles. The second-order valence-corrected chi connectivity index (χ2v) is 6.05. The van der Waals surface area contributed by atoms with Gasteiger partial charge in [0.15, 0.2) is 0 Å². The van der Waals surface area contributed by atoms with Crippen molar-refractivity contribution in [2.24, 2.45) is 18.8 Å². The molecule has 1 aromatic heterocycles. The zero-order valence-electron chi connectivity index (χ0n) is 11.6. The molecule has 1 spiro atoms. The monoisotopic (exact) mass is 264 g/mol. The zero-order chi connectivity index (χ0) is 13.3. The highest BCUT2D eigenvalue weighted by Crippen LogP contribution is 2.44. The van der Waals surface area contributed by atoms with Crippen LogP contribution in [0, 0.1) is 5.92 Å². The molecule has 1 saturated carbocycles. The Labute approximate surface area is 114 Å². The molecule has 0 aromatic carbocycles. The van der Waals surface area contributed by atoms with Crippen LogP contribution in [0.2, 0.25) is 0 Å². The highest BCUT2D eigenvalue weighted by molar-refractivity contribution is 5.08. The maximum atomic E-state index is 6.10. The van der Waals surface area contributed by atoms with Crippen LogP contribution in [-0.4, -0.2) is 22.0 Å². The summed E-state index contributed by atoms with van der Waals surface area (Å²) in [7, 11) is 1.94. The second kappa shape index (κ2) is 5.23. The minimum absolute atomic E-state index is 0.132. The number of nitrogens with two attached hydrogens (primary N) is 1. The smallest absolute Gasteiger partial charge is 0.0810 e. The predicted octanol–water partition coefficient (Wildman–Crippen LogP) is 1.66. The summed E-state index contributed by atoms with van der Waals surface area (Å²) in [6, 6.07) is 2.20. The van der Waals surface area contributed by atoms with Crippen LogP contribution in [0.1, 0.15) is 50.3 Å². The van der Waals surface area contributed by atoms with E-state index in [2.05, 4.69) is 16.6 Å². The van der Waals surface area contributed by atoms with Gasteiger partial charge in [-0.1, -0.05) is 12.8 Å². The van der Waals surface area contributed by atoms with Gasteiger partial charge in [0.1, 0.15) is 0 Å². The Balaban J connectivity index is 1.76. The van der Waals surface area contributed by atoms with Crippen LogP contribution >= 0.6 is 0 Å². The first-order valence-corrected chi connectivity index (χ1v) is 7.32. The average molecular weight is 264 g/mol. The van der Waals surface area contributed by atoms with E-state index in [-0.39, 0.29) is 11.6 Å². The molecular weight excluding hydrogens is 240 g/mol. The van der Waals surface area contributed by atoms with Crippen LogP contribution < -0.4 is 11.3 Å². The minimum atomic E-state index is 0.132. The number of hydrogen-bond donors (Lipinski definition) is 2. The first kappa shape index (κ1) is 13.1. The van der Waals surface area contributed by atoms with E-state index in [1.165, 1.54) is 25.7 Å². The SMILES string of the molecule is Cn1ccc(C(NN)C2CCOC3(CCCC3)C2)n1. The third-order valence-electron chi connectivity index (χ3n) is 4.75. The van der Waals surface area contributed by atoms with Gasteiger partial charge in [-0.2, -0.15) is 5.10 Å². The van der Waals surface area contributed by atoms with Crippen molar-refractivity contribution >= 4 is 0 Å². The van der Waals surface area contributed by atoms with Crippen molar-refractivity contribution in [3.63, 3.8) is 0 Å². The lowest BCUT2D eigenvalue weighted by Crippen LogP contribution is -2.43. The van der Waals surface area contributed by atoms with Gasteiger partial charge in [0.05, 0.1) is 17.3 Å². The molecular formula is C14H24N4O. The first-order chi connectivity index (χ1) is 9.22. The number of hydrogen-bond acceptors (Lipinski definition) is 4. The fourth-order valence-corrected chi connectivity index (χ4v) is 3.78. The highest BCUT2D eigenvalue weighted by Gasteiger charge is 2.42. The van der Waals surface area contributed by atoms with E-state index in [1.807, 2.05) is 17.9 Å². The molecule has 0 amide bonds. The second-order valence-electron chi connectivity index (χ2n) is 6.05. The van der Waals surface area contributed by atoms with Crippen LogP contribution in [0.5, 0.6) is 0 Å². The molecule has 2 atom stereocenters. The van der Waals surface area contributed by atoms with E-state index in [0.717, 1.165) is 25.1 Å². The van der Waals surface area contributed by atoms with Gasteiger partial charge in [-0.3, -0.25) is 16.0 Å². The Morgan fingerprint density at radius 1 is 1.53 bits per heavy atom. The lowest BCUT2D eigenvalue weighted by atomic mass is 9.80. The molecule has 0 radical (unpaired) electrons. The molecule has 2 aliphatic rings. The maximum absolute atomic E-state index is 6.10. The van der Waals surface area contributed by atoms with Crippen LogP contribution in [0.15, 0.2) is 12.3 Å². The van der Waals surface area contributed by atoms with Crippen molar-refractivity contribution in [3.8, 4) is 0 Å². The normalized spacial score (nSPS) is 27.8. The summed E-state index contributed by atoms with van der Waals surface area (Å²) in [4.78, 5) is 0. The lowest BCUT2D eigenvalue weighted by Gasteiger charge is -2.40. The summed E-state index contributed by atoms with van der Waals surface area (Å²) in [6.07, 6.45) is 9.18. The van der Waals surface area contributed by atoms with Gasteiger partial charge in [-0.05, 0) is 37.7 Å². The number of rotatable bonds is 3. The molecule has 0 bridgehead atoms. The Bertz CT molecular complexity index is 425. The third kappa shape index (κ3) is 2.55. The molecule has 3 N–H and O–H groups in total. The van der Waals surface area contributed by atoms with E-state index in [0.29, 0.717) is 5.92 Å². The van der Waals surface area contributed by atoms with Gasteiger partial charge in [0.25, 0.3) is 0 Å².